The molecule has 2 fully saturated rings. The summed E-state index contributed by atoms with van der Waals surface area (Å²) in [6, 6.07) is 26.5. The van der Waals surface area contributed by atoms with Crippen molar-refractivity contribution >= 4 is 29.6 Å². The van der Waals surface area contributed by atoms with Gasteiger partial charge in [0, 0.05) is 87.1 Å². The number of carbonyl (C=O) groups is 3. The molecule has 4 aromatic carbocycles. The van der Waals surface area contributed by atoms with E-state index in [4.69, 9.17) is 4.74 Å². The third kappa shape index (κ3) is 7.56. The Morgan fingerprint density at radius 2 is 1.71 bits per heavy atom. The van der Waals surface area contributed by atoms with E-state index in [2.05, 4.69) is 44.3 Å². The molecule has 2 saturated heterocycles. The zero-order chi connectivity index (χ0) is 38.8. The van der Waals surface area contributed by atoms with Crippen LogP contribution in [0.3, 0.4) is 0 Å². The molecule has 11 heteroatoms. The Bertz CT molecular complexity index is 2060. The maximum Gasteiger partial charge on any atom is 0.255 e. The number of nitrogens with one attached hydrogen (secondary N) is 1. The molecular weight excluding hydrogens is 710 g/mol. The highest BCUT2D eigenvalue weighted by Crippen LogP contribution is 2.47. The van der Waals surface area contributed by atoms with Crippen molar-refractivity contribution in [2.45, 2.75) is 57.0 Å². The molecule has 4 heterocycles. The summed E-state index contributed by atoms with van der Waals surface area (Å²) in [7, 11) is 0. The van der Waals surface area contributed by atoms with E-state index in [0.717, 1.165) is 93.0 Å². The Morgan fingerprint density at radius 3 is 2.45 bits per heavy atom. The van der Waals surface area contributed by atoms with Gasteiger partial charge in [0.1, 0.15) is 23.4 Å². The second-order valence-electron chi connectivity index (χ2n) is 15.7. The van der Waals surface area contributed by atoms with Crippen LogP contribution in [0.15, 0.2) is 84.9 Å². The molecule has 10 nitrogen and oxygen atoms in total. The van der Waals surface area contributed by atoms with Gasteiger partial charge >= 0.3 is 0 Å². The maximum absolute atomic E-state index is 16.1. The smallest absolute Gasteiger partial charge is 0.255 e. The number of rotatable bonds is 11. The molecule has 3 amide bonds. The molecule has 8 rings (SSSR count). The minimum absolute atomic E-state index is 0.0103. The number of anilines is 2. The summed E-state index contributed by atoms with van der Waals surface area (Å²) in [5.74, 6) is 0.434. The highest BCUT2D eigenvalue weighted by molar-refractivity contribution is 6.02. The first-order valence-electron chi connectivity index (χ1n) is 20.0. The number of hydrogen-bond donors (Lipinski definition) is 2. The van der Waals surface area contributed by atoms with Crippen molar-refractivity contribution in [2.24, 2.45) is 5.92 Å². The number of nitrogens with zero attached hydrogens (tertiary/aromatic N) is 4. The Labute approximate surface area is 327 Å². The zero-order valence-electron chi connectivity index (χ0n) is 31.9. The number of benzene rings is 4. The van der Waals surface area contributed by atoms with Crippen LogP contribution in [0.5, 0.6) is 11.5 Å². The normalized spacial score (nSPS) is 20.6. The molecule has 0 spiro atoms. The van der Waals surface area contributed by atoms with Crippen molar-refractivity contribution in [2.75, 3.05) is 62.2 Å². The average Bonchev–Trinajstić information content (AvgIpc) is 3.55. The Kier molecular flexibility index (Phi) is 11.0. The first-order valence-corrected chi connectivity index (χ1v) is 20.0. The first kappa shape index (κ1) is 37.5. The van der Waals surface area contributed by atoms with Crippen LogP contribution >= 0.6 is 0 Å². The van der Waals surface area contributed by atoms with Gasteiger partial charge in [-0.2, -0.15) is 0 Å². The van der Waals surface area contributed by atoms with Gasteiger partial charge in [-0.25, -0.2) is 4.39 Å². The lowest BCUT2D eigenvalue weighted by atomic mass is 9.76. The van der Waals surface area contributed by atoms with Gasteiger partial charge in [-0.3, -0.25) is 24.6 Å². The molecule has 4 aliphatic heterocycles. The molecule has 4 aromatic rings. The third-order valence-corrected chi connectivity index (χ3v) is 12.3. The van der Waals surface area contributed by atoms with Crippen LogP contribution in [0, 0.1) is 11.7 Å². The summed E-state index contributed by atoms with van der Waals surface area (Å²) in [6.07, 6.45) is 3.61. The number of hydrogen-bond acceptors (Lipinski definition) is 8. The monoisotopic (exact) mass is 759 g/mol. The van der Waals surface area contributed by atoms with Crippen molar-refractivity contribution in [3.05, 3.63) is 119 Å². The van der Waals surface area contributed by atoms with Gasteiger partial charge in [0.2, 0.25) is 12.3 Å². The second kappa shape index (κ2) is 16.4. The van der Waals surface area contributed by atoms with Gasteiger partial charge in [-0.15, -0.1) is 0 Å². The number of piperazine rings is 1. The topological polar surface area (TPSA) is 106 Å². The van der Waals surface area contributed by atoms with Gasteiger partial charge in [-0.1, -0.05) is 55.8 Å². The molecule has 0 aromatic heterocycles. The minimum Gasteiger partial charge on any atom is -0.508 e. The van der Waals surface area contributed by atoms with Crippen LogP contribution in [-0.4, -0.2) is 91.6 Å². The molecular formula is C45H50FN5O5. The summed E-state index contributed by atoms with van der Waals surface area (Å²) >= 11 is 0. The predicted octanol–water partition coefficient (Wildman–Crippen LogP) is 6.28. The maximum atomic E-state index is 16.1. The first-order chi connectivity index (χ1) is 27.3. The lowest BCUT2D eigenvalue weighted by Crippen LogP contribution is -2.49. The van der Waals surface area contributed by atoms with Gasteiger partial charge in [0.15, 0.2) is 0 Å². The molecule has 0 saturated carbocycles. The fourth-order valence-corrected chi connectivity index (χ4v) is 9.32. The highest BCUT2D eigenvalue weighted by atomic mass is 19.1. The van der Waals surface area contributed by atoms with Gasteiger partial charge in [0.05, 0.1) is 12.3 Å². The number of fused-ring (bicyclic) bond motifs is 2. The molecule has 292 valence electrons. The number of imide groups is 1. The summed E-state index contributed by atoms with van der Waals surface area (Å²) < 4.78 is 22.2. The van der Waals surface area contributed by atoms with Crippen LogP contribution in [-0.2, 0) is 16.1 Å². The second-order valence-corrected chi connectivity index (χ2v) is 15.7. The van der Waals surface area contributed by atoms with E-state index in [0.29, 0.717) is 48.9 Å². The van der Waals surface area contributed by atoms with E-state index < -0.39 is 11.9 Å². The van der Waals surface area contributed by atoms with E-state index in [1.165, 1.54) is 0 Å². The summed E-state index contributed by atoms with van der Waals surface area (Å²) in [6.45, 7) is 9.08. The standard InChI is InChI=1S/C45H50FN5O5/c1-2-6-41(44(54)47-29-52)51-27-33-23-34(10-12-36(33)45(51)55)49-21-19-48(20-22-49)26-30-15-17-50(18-16-30)40-14-9-32(24-39(40)46)43-37-13-11-35(53)25-42(37)56-28-38(43)31-7-4-3-5-8-31/h3-5,7-14,23-25,29-30,38,41,43,53H,2,6,15-22,26-28H2,1H3,(H,47,52,54). The lowest BCUT2D eigenvalue weighted by molar-refractivity contribution is -0.129. The molecule has 0 radical (unpaired) electrons. The molecule has 0 aliphatic carbocycles. The fraction of sp³-hybridized carbons (Fsp3) is 0.400. The number of piperidine rings is 1. The summed E-state index contributed by atoms with van der Waals surface area (Å²) in [5.41, 5.74) is 6.27. The van der Waals surface area contributed by atoms with Crippen LogP contribution in [0.1, 0.15) is 77.1 Å². The number of carbonyl (C=O) groups excluding carboxylic acids is 3. The van der Waals surface area contributed by atoms with Crippen molar-refractivity contribution in [1.82, 2.24) is 15.1 Å². The van der Waals surface area contributed by atoms with Crippen molar-refractivity contribution in [3.8, 4) is 11.5 Å². The third-order valence-electron chi connectivity index (χ3n) is 12.3. The number of phenolic OH excluding ortho intramolecular Hbond substituents is 1. The fourth-order valence-electron chi connectivity index (χ4n) is 9.32. The number of aromatic hydroxyl groups is 1. The lowest BCUT2D eigenvalue weighted by Gasteiger charge is -2.40. The highest BCUT2D eigenvalue weighted by Gasteiger charge is 2.37. The Balaban J connectivity index is 0.858. The number of halogens is 1. The van der Waals surface area contributed by atoms with Gasteiger partial charge < -0.3 is 24.5 Å². The van der Waals surface area contributed by atoms with Gasteiger partial charge in [-0.05, 0) is 78.3 Å². The average molecular weight is 760 g/mol. The van der Waals surface area contributed by atoms with Crippen LogP contribution in [0.4, 0.5) is 15.8 Å². The van der Waals surface area contributed by atoms with Crippen LogP contribution in [0.25, 0.3) is 0 Å². The van der Waals surface area contributed by atoms with E-state index in [9.17, 15) is 19.5 Å². The van der Waals surface area contributed by atoms with E-state index in [-0.39, 0.29) is 29.3 Å². The summed E-state index contributed by atoms with van der Waals surface area (Å²) in [5, 5.41) is 12.4. The Morgan fingerprint density at radius 1 is 0.929 bits per heavy atom. The summed E-state index contributed by atoms with van der Waals surface area (Å²) in [4.78, 5) is 45.4. The SMILES string of the molecule is CCCC(C(=O)NC=O)N1Cc2cc(N3CCN(CC4CCN(c5ccc(C6c7ccc(O)cc7OCC6c6ccccc6)cc5F)CC4)CC3)ccc2C1=O. The molecule has 3 unspecified atom stereocenters. The quantitative estimate of drug-likeness (QED) is 0.173. The van der Waals surface area contributed by atoms with Gasteiger partial charge in [0.25, 0.3) is 5.91 Å². The Hall–Kier alpha value is -5.42. The van der Waals surface area contributed by atoms with E-state index >= 15 is 4.39 Å². The van der Waals surface area contributed by atoms with Crippen molar-refractivity contribution < 1.29 is 28.6 Å². The zero-order valence-corrected chi connectivity index (χ0v) is 31.9. The number of phenols is 1. The molecule has 0 bridgehead atoms. The molecule has 4 aliphatic rings. The van der Waals surface area contributed by atoms with Crippen molar-refractivity contribution in [3.63, 3.8) is 0 Å². The van der Waals surface area contributed by atoms with Crippen LogP contribution < -0.4 is 19.9 Å². The van der Waals surface area contributed by atoms with E-state index in [1.807, 2.05) is 49.4 Å². The molecule has 3 atom stereocenters. The van der Waals surface area contributed by atoms with E-state index in [1.54, 1.807) is 23.1 Å². The van der Waals surface area contributed by atoms with Crippen molar-refractivity contribution in [1.29, 1.82) is 0 Å². The van der Waals surface area contributed by atoms with Crippen LogP contribution in [0.2, 0.25) is 0 Å². The number of amides is 3. The number of ether oxygens (including phenoxy) is 1. The molecule has 56 heavy (non-hydrogen) atoms. The molecule has 2 N–H and O–H groups in total. The predicted molar refractivity (Wildman–Crippen MR) is 214 cm³/mol. The largest absolute Gasteiger partial charge is 0.508 e. The minimum atomic E-state index is -0.671.